The molecule has 1 N–H and O–H groups in total. The molecule has 0 spiro atoms. The lowest BCUT2D eigenvalue weighted by atomic mass is 10.1. The first kappa shape index (κ1) is 13.4. The fourth-order valence-corrected chi connectivity index (χ4v) is 1.98. The van der Waals surface area contributed by atoms with Crippen LogP contribution < -0.4 is 0 Å². The topological polar surface area (TPSA) is 43.8 Å². The van der Waals surface area contributed by atoms with Gasteiger partial charge < -0.3 is 14.9 Å². The zero-order valence-electron chi connectivity index (χ0n) is 11.1. The van der Waals surface area contributed by atoms with Crippen LogP contribution in [0, 0.1) is 11.8 Å². The molecule has 1 aliphatic heterocycles. The van der Waals surface area contributed by atoms with Gasteiger partial charge in [-0.1, -0.05) is 24.0 Å². The maximum atomic E-state index is 11.8. The number of aliphatic hydroxyl groups is 1. The monoisotopic (exact) mass is 258 g/mol. The highest BCUT2D eigenvalue weighted by molar-refractivity contribution is 5.76. The first-order chi connectivity index (χ1) is 9.20. The van der Waals surface area contributed by atoms with Crippen molar-refractivity contribution in [3.63, 3.8) is 0 Å². The molecule has 1 heterocycles. The lowest BCUT2D eigenvalue weighted by Crippen LogP contribution is -2.28. The SMILES string of the molecule is CN1CCN(Cc2ccc(C#CCCO)cc2)C1=O. The van der Waals surface area contributed by atoms with Crippen LogP contribution in [-0.4, -0.2) is 47.7 Å². The number of nitrogens with zero attached hydrogens (tertiary/aromatic N) is 2. The van der Waals surface area contributed by atoms with Crippen molar-refractivity contribution in [3.8, 4) is 11.8 Å². The fourth-order valence-electron chi connectivity index (χ4n) is 1.98. The molecule has 0 bridgehead atoms. The Morgan fingerprint density at radius 3 is 2.58 bits per heavy atom. The Bertz CT molecular complexity index is 499. The van der Waals surface area contributed by atoms with Crippen LogP contribution in [-0.2, 0) is 6.54 Å². The smallest absolute Gasteiger partial charge is 0.320 e. The summed E-state index contributed by atoms with van der Waals surface area (Å²) in [7, 11) is 1.82. The molecule has 1 aromatic carbocycles. The van der Waals surface area contributed by atoms with E-state index in [0.29, 0.717) is 13.0 Å². The highest BCUT2D eigenvalue weighted by Gasteiger charge is 2.24. The Morgan fingerprint density at radius 1 is 1.26 bits per heavy atom. The number of carbonyl (C=O) groups is 1. The molecule has 0 radical (unpaired) electrons. The number of rotatable bonds is 3. The zero-order chi connectivity index (χ0) is 13.7. The fraction of sp³-hybridized carbons (Fsp3) is 0.400. The van der Waals surface area contributed by atoms with Gasteiger partial charge >= 0.3 is 6.03 Å². The Hall–Kier alpha value is -1.99. The highest BCUT2D eigenvalue weighted by Crippen LogP contribution is 2.12. The first-order valence-corrected chi connectivity index (χ1v) is 6.39. The van der Waals surface area contributed by atoms with Crippen LogP contribution >= 0.6 is 0 Å². The Morgan fingerprint density at radius 2 is 2.00 bits per heavy atom. The van der Waals surface area contributed by atoms with Crippen molar-refractivity contribution in [2.24, 2.45) is 0 Å². The highest BCUT2D eigenvalue weighted by atomic mass is 16.2. The quantitative estimate of drug-likeness (QED) is 0.830. The minimum Gasteiger partial charge on any atom is -0.395 e. The van der Waals surface area contributed by atoms with Gasteiger partial charge in [-0.15, -0.1) is 0 Å². The second-order valence-electron chi connectivity index (χ2n) is 4.60. The molecule has 4 heteroatoms. The van der Waals surface area contributed by atoms with Crippen molar-refractivity contribution in [3.05, 3.63) is 35.4 Å². The van der Waals surface area contributed by atoms with Gasteiger partial charge in [-0.25, -0.2) is 4.79 Å². The van der Waals surface area contributed by atoms with E-state index >= 15 is 0 Å². The standard InChI is InChI=1S/C15H18N2O2/c1-16-9-10-17(15(16)19)12-14-7-5-13(6-8-14)4-2-3-11-18/h5-8,18H,3,9-12H2,1H3. The van der Waals surface area contributed by atoms with Crippen molar-refractivity contribution in [1.29, 1.82) is 0 Å². The second-order valence-corrected chi connectivity index (χ2v) is 4.60. The number of carbonyl (C=O) groups excluding carboxylic acids is 1. The van der Waals surface area contributed by atoms with E-state index in [1.54, 1.807) is 4.90 Å². The van der Waals surface area contributed by atoms with Gasteiger partial charge in [-0.05, 0) is 17.7 Å². The van der Waals surface area contributed by atoms with Crippen LogP contribution in [0.2, 0.25) is 0 Å². The van der Waals surface area contributed by atoms with Gasteiger partial charge in [-0.2, -0.15) is 0 Å². The molecule has 2 rings (SSSR count). The molecule has 4 nitrogen and oxygen atoms in total. The molecule has 0 atom stereocenters. The molecule has 2 amide bonds. The van der Waals surface area contributed by atoms with E-state index in [0.717, 1.165) is 24.2 Å². The minimum atomic E-state index is 0.0896. The third kappa shape index (κ3) is 3.49. The summed E-state index contributed by atoms with van der Waals surface area (Å²) in [5.41, 5.74) is 2.04. The van der Waals surface area contributed by atoms with Crippen LogP contribution in [0.1, 0.15) is 17.5 Å². The first-order valence-electron chi connectivity index (χ1n) is 6.39. The summed E-state index contributed by atoms with van der Waals surface area (Å²) in [5, 5.41) is 8.65. The molecule has 0 saturated carbocycles. The van der Waals surface area contributed by atoms with Gasteiger partial charge in [0.1, 0.15) is 0 Å². The van der Waals surface area contributed by atoms with Gasteiger partial charge in [-0.3, -0.25) is 0 Å². The largest absolute Gasteiger partial charge is 0.395 e. The normalized spacial score (nSPS) is 14.5. The molecule has 19 heavy (non-hydrogen) atoms. The number of benzene rings is 1. The predicted octanol–water partition coefficient (Wildman–Crippen LogP) is 1.29. The molecule has 1 aromatic rings. The van der Waals surface area contributed by atoms with Gasteiger partial charge in [0.15, 0.2) is 0 Å². The number of hydrogen-bond acceptors (Lipinski definition) is 2. The maximum absolute atomic E-state index is 11.8. The van der Waals surface area contributed by atoms with Gasteiger partial charge in [0.05, 0.1) is 6.61 Å². The lowest BCUT2D eigenvalue weighted by Gasteiger charge is -2.15. The third-order valence-electron chi connectivity index (χ3n) is 3.10. The van der Waals surface area contributed by atoms with Crippen molar-refractivity contribution >= 4 is 6.03 Å². The third-order valence-corrected chi connectivity index (χ3v) is 3.10. The average molecular weight is 258 g/mol. The maximum Gasteiger partial charge on any atom is 0.320 e. The predicted molar refractivity (Wildman–Crippen MR) is 73.5 cm³/mol. The van der Waals surface area contributed by atoms with E-state index in [-0.39, 0.29) is 12.6 Å². The van der Waals surface area contributed by atoms with Gasteiger partial charge in [0.2, 0.25) is 0 Å². The van der Waals surface area contributed by atoms with E-state index in [4.69, 9.17) is 5.11 Å². The van der Waals surface area contributed by atoms with E-state index in [9.17, 15) is 4.79 Å². The number of likely N-dealkylation sites (N-methyl/N-ethyl adjacent to an activating group) is 1. The second kappa shape index (κ2) is 6.26. The van der Waals surface area contributed by atoms with Crippen LogP contribution in [0.15, 0.2) is 24.3 Å². The Balaban J connectivity index is 1.96. The summed E-state index contributed by atoms with van der Waals surface area (Å²) in [6.07, 6.45) is 0.496. The Labute approximate surface area is 113 Å². The number of urea groups is 1. The van der Waals surface area contributed by atoms with Crippen LogP contribution in [0.25, 0.3) is 0 Å². The summed E-state index contributed by atoms with van der Waals surface area (Å²) in [6.45, 7) is 2.32. The van der Waals surface area contributed by atoms with E-state index < -0.39 is 0 Å². The van der Waals surface area contributed by atoms with Crippen molar-refractivity contribution < 1.29 is 9.90 Å². The van der Waals surface area contributed by atoms with Crippen molar-refractivity contribution in [2.45, 2.75) is 13.0 Å². The molecule has 1 aliphatic rings. The molecule has 0 unspecified atom stereocenters. The lowest BCUT2D eigenvalue weighted by molar-refractivity contribution is 0.197. The molecule has 0 aromatic heterocycles. The number of aliphatic hydroxyl groups excluding tert-OH is 1. The van der Waals surface area contributed by atoms with Crippen LogP contribution in [0.5, 0.6) is 0 Å². The minimum absolute atomic E-state index is 0.0896. The van der Waals surface area contributed by atoms with Crippen molar-refractivity contribution in [2.75, 3.05) is 26.7 Å². The molecule has 0 aliphatic carbocycles. The molecule has 1 fully saturated rings. The van der Waals surface area contributed by atoms with E-state index in [1.165, 1.54) is 0 Å². The molecule has 1 saturated heterocycles. The zero-order valence-corrected chi connectivity index (χ0v) is 11.1. The molecular formula is C15H18N2O2. The summed E-state index contributed by atoms with van der Waals surface area (Å²) in [4.78, 5) is 15.3. The summed E-state index contributed by atoms with van der Waals surface area (Å²) in [5.74, 6) is 5.87. The van der Waals surface area contributed by atoms with Gasteiger partial charge in [0, 0.05) is 38.7 Å². The van der Waals surface area contributed by atoms with Gasteiger partial charge in [0.25, 0.3) is 0 Å². The molecule has 100 valence electrons. The van der Waals surface area contributed by atoms with Crippen molar-refractivity contribution in [1.82, 2.24) is 9.80 Å². The van der Waals surface area contributed by atoms with E-state index in [1.807, 2.05) is 36.2 Å². The summed E-state index contributed by atoms with van der Waals surface area (Å²) < 4.78 is 0. The Kier molecular flexibility index (Phi) is 4.43. The summed E-state index contributed by atoms with van der Waals surface area (Å²) in [6, 6.07) is 7.98. The number of amides is 2. The molecular weight excluding hydrogens is 240 g/mol. The number of hydrogen-bond donors (Lipinski definition) is 1. The summed E-state index contributed by atoms with van der Waals surface area (Å²) >= 11 is 0. The van der Waals surface area contributed by atoms with Crippen LogP contribution in [0.3, 0.4) is 0 Å². The average Bonchev–Trinajstić information content (AvgIpc) is 2.73. The van der Waals surface area contributed by atoms with E-state index in [2.05, 4.69) is 11.8 Å². The van der Waals surface area contributed by atoms with Crippen LogP contribution in [0.4, 0.5) is 4.79 Å².